The first-order chi connectivity index (χ1) is 7.95. The Morgan fingerprint density at radius 1 is 1.53 bits per heavy atom. The Balaban J connectivity index is 2.50. The van der Waals surface area contributed by atoms with Crippen molar-refractivity contribution in [2.45, 2.75) is 25.5 Å². The van der Waals surface area contributed by atoms with E-state index in [-0.39, 0.29) is 5.92 Å². The second kappa shape index (κ2) is 5.83. The molecule has 0 aromatic heterocycles. The van der Waals surface area contributed by atoms with Gasteiger partial charge in [-0.1, -0.05) is 6.92 Å². The van der Waals surface area contributed by atoms with Crippen molar-refractivity contribution in [3.05, 3.63) is 0 Å². The van der Waals surface area contributed by atoms with Crippen molar-refractivity contribution in [2.24, 2.45) is 5.92 Å². The number of nitrogens with zero attached hydrogens (tertiary/aromatic N) is 1. The van der Waals surface area contributed by atoms with Gasteiger partial charge < -0.3 is 25.5 Å². The number of hydrogen-bond donors (Lipinski definition) is 4. The van der Waals surface area contributed by atoms with E-state index in [2.05, 4.69) is 5.32 Å². The molecule has 0 aromatic rings. The molecule has 7 heteroatoms. The fourth-order valence-electron chi connectivity index (χ4n) is 1.74. The van der Waals surface area contributed by atoms with Gasteiger partial charge >= 0.3 is 12.0 Å². The molecule has 0 aliphatic carbocycles. The highest BCUT2D eigenvalue weighted by Crippen LogP contribution is 2.16. The minimum absolute atomic E-state index is 0.0353. The summed E-state index contributed by atoms with van der Waals surface area (Å²) >= 11 is 0. The fraction of sp³-hybridized carbons (Fsp3) is 0.800. The van der Waals surface area contributed by atoms with Crippen molar-refractivity contribution in [2.75, 3.05) is 19.7 Å². The minimum atomic E-state index is -1.29. The van der Waals surface area contributed by atoms with Crippen LogP contribution in [0.4, 0.5) is 4.79 Å². The number of carbonyl (C=O) groups excluding carboxylic acids is 1. The third kappa shape index (κ3) is 3.57. The van der Waals surface area contributed by atoms with Crippen molar-refractivity contribution >= 4 is 12.0 Å². The maximum absolute atomic E-state index is 11.7. The smallest absolute Gasteiger partial charge is 0.328 e. The Labute approximate surface area is 99.0 Å². The van der Waals surface area contributed by atoms with Crippen LogP contribution < -0.4 is 5.32 Å². The van der Waals surface area contributed by atoms with Gasteiger partial charge in [-0.15, -0.1) is 0 Å². The lowest BCUT2D eigenvalue weighted by atomic mass is 9.97. The molecule has 1 aliphatic heterocycles. The van der Waals surface area contributed by atoms with Crippen LogP contribution in [0.5, 0.6) is 0 Å². The fourth-order valence-corrected chi connectivity index (χ4v) is 1.74. The zero-order valence-electron chi connectivity index (χ0n) is 9.67. The van der Waals surface area contributed by atoms with E-state index in [4.69, 9.17) is 10.2 Å². The van der Waals surface area contributed by atoms with E-state index in [1.54, 1.807) is 0 Å². The first-order valence-corrected chi connectivity index (χ1v) is 5.53. The molecule has 0 radical (unpaired) electrons. The maximum atomic E-state index is 11.7. The summed E-state index contributed by atoms with van der Waals surface area (Å²) in [4.78, 5) is 23.8. The third-order valence-corrected chi connectivity index (χ3v) is 2.93. The van der Waals surface area contributed by atoms with E-state index in [0.29, 0.717) is 19.5 Å². The van der Waals surface area contributed by atoms with E-state index in [0.717, 1.165) is 0 Å². The lowest BCUT2D eigenvalue weighted by molar-refractivity contribution is -0.140. The van der Waals surface area contributed by atoms with E-state index in [9.17, 15) is 14.7 Å². The summed E-state index contributed by atoms with van der Waals surface area (Å²) in [5.41, 5.74) is 0. The number of amides is 2. The number of aliphatic carboxylic acids is 1. The summed E-state index contributed by atoms with van der Waals surface area (Å²) in [6, 6.07) is -1.81. The van der Waals surface area contributed by atoms with Crippen LogP contribution >= 0.6 is 0 Å². The van der Waals surface area contributed by atoms with Crippen LogP contribution in [0.3, 0.4) is 0 Å². The summed E-state index contributed by atoms with van der Waals surface area (Å²) in [5, 5.41) is 29.2. The summed E-state index contributed by atoms with van der Waals surface area (Å²) in [6.45, 7) is 1.94. The van der Waals surface area contributed by atoms with Gasteiger partial charge in [-0.05, 0) is 12.3 Å². The Bertz CT molecular complexity index is 296. The normalized spacial score (nSPS) is 26.4. The molecule has 0 bridgehead atoms. The lowest BCUT2D eigenvalue weighted by Crippen LogP contribution is -2.53. The molecule has 98 valence electrons. The average molecular weight is 246 g/mol. The Morgan fingerprint density at radius 3 is 2.65 bits per heavy atom. The number of likely N-dealkylation sites (tertiary alicyclic amines) is 1. The molecule has 2 unspecified atom stereocenters. The molecule has 1 fully saturated rings. The Kier molecular flexibility index (Phi) is 4.71. The van der Waals surface area contributed by atoms with Gasteiger partial charge in [0.25, 0.3) is 0 Å². The van der Waals surface area contributed by atoms with Crippen LogP contribution in [-0.4, -0.2) is 64.1 Å². The van der Waals surface area contributed by atoms with Gasteiger partial charge in [-0.2, -0.15) is 0 Å². The number of carboxylic acid groups (broad SMARTS) is 1. The summed E-state index contributed by atoms with van der Waals surface area (Å²) in [6.07, 6.45) is 0.0537. The van der Waals surface area contributed by atoms with Crippen LogP contribution in [0.25, 0.3) is 0 Å². The Hall–Kier alpha value is -1.34. The molecule has 0 saturated carbocycles. The predicted octanol–water partition coefficient (Wildman–Crippen LogP) is -1.16. The second-order valence-corrected chi connectivity index (χ2v) is 4.30. The number of urea groups is 1. The molecule has 7 nitrogen and oxygen atoms in total. The molecule has 0 aromatic carbocycles. The number of aliphatic hydroxyl groups excluding tert-OH is 2. The van der Waals surface area contributed by atoms with Gasteiger partial charge in [0.15, 0.2) is 6.04 Å². The number of nitrogens with one attached hydrogen (secondary N) is 1. The van der Waals surface area contributed by atoms with Crippen LogP contribution in [-0.2, 0) is 4.79 Å². The van der Waals surface area contributed by atoms with Gasteiger partial charge in [0.05, 0.1) is 12.7 Å². The van der Waals surface area contributed by atoms with Crippen LogP contribution in [0.2, 0.25) is 0 Å². The third-order valence-electron chi connectivity index (χ3n) is 2.93. The van der Waals surface area contributed by atoms with Crippen LogP contribution in [0.1, 0.15) is 13.3 Å². The second-order valence-electron chi connectivity index (χ2n) is 4.30. The minimum Gasteiger partial charge on any atom is -0.480 e. The van der Waals surface area contributed by atoms with Gasteiger partial charge in [0, 0.05) is 13.1 Å². The molecule has 2 amide bonds. The molecule has 1 rings (SSSR count). The topological polar surface area (TPSA) is 110 Å². The zero-order chi connectivity index (χ0) is 13.0. The van der Waals surface area contributed by atoms with Gasteiger partial charge in [-0.3, -0.25) is 0 Å². The molecule has 17 heavy (non-hydrogen) atoms. The molecule has 1 aliphatic rings. The molecule has 1 saturated heterocycles. The number of rotatable bonds is 3. The molecule has 1 heterocycles. The first-order valence-electron chi connectivity index (χ1n) is 5.53. The molecule has 4 N–H and O–H groups in total. The number of carbonyl (C=O) groups is 2. The predicted molar refractivity (Wildman–Crippen MR) is 58.4 cm³/mol. The van der Waals surface area contributed by atoms with E-state index in [1.165, 1.54) is 4.90 Å². The van der Waals surface area contributed by atoms with Crippen molar-refractivity contribution in [1.29, 1.82) is 0 Å². The SMILES string of the molecule is CC1CN(C(=O)N[C@H](CO)C(=O)O)CCC1O. The monoisotopic (exact) mass is 246 g/mol. The molecule has 3 atom stereocenters. The highest BCUT2D eigenvalue weighted by Gasteiger charge is 2.29. The molecular weight excluding hydrogens is 228 g/mol. The van der Waals surface area contributed by atoms with Crippen LogP contribution in [0, 0.1) is 5.92 Å². The van der Waals surface area contributed by atoms with Crippen molar-refractivity contribution in [3.63, 3.8) is 0 Å². The summed E-state index contributed by atoms with van der Waals surface area (Å²) in [5.74, 6) is -1.31. The highest BCUT2D eigenvalue weighted by molar-refractivity contribution is 5.82. The van der Waals surface area contributed by atoms with E-state index >= 15 is 0 Å². The summed E-state index contributed by atoms with van der Waals surface area (Å²) in [7, 11) is 0. The van der Waals surface area contributed by atoms with Crippen molar-refractivity contribution in [1.82, 2.24) is 10.2 Å². The van der Waals surface area contributed by atoms with E-state index < -0.39 is 30.8 Å². The van der Waals surface area contributed by atoms with Gasteiger partial charge in [0.1, 0.15) is 0 Å². The van der Waals surface area contributed by atoms with Crippen molar-refractivity contribution in [3.8, 4) is 0 Å². The standard InChI is InChI=1S/C10H18N2O5/c1-6-4-12(3-2-8(6)14)10(17)11-7(5-13)9(15)16/h6-8,13-14H,2-5H2,1H3,(H,11,17)(H,15,16)/t6?,7-,8?/m1/s1. The maximum Gasteiger partial charge on any atom is 0.328 e. The zero-order valence-corrected chi connectivity index (χ0v) is 9.67. The lowest BCUT2D eigenvalue weighted by Gasteiger charge is -2.34. The van der Waals surface area contributed by atoms with Gasteiger partial charge in [-0.25, -0.2) is 9.59 Å². The number of carboxylic acids is 1. The van der Waals surface area contributed by atoms with Crippen molar-refractivity contribution < 1.29 is 24.9 Å². The number of aliphatic hydroxyl groups is 2. The first kappa shape index (κ1) is 13.7. The molecule has 0 spiro atoms. The molecular formula is C10H18N2O5. The van der Waals surface area contributed by atoms with Gasteiger partial charge in [0.2, 0.25) is 0 Å². The number of piperidine rings is 1. The average Bonchev–Trinajstić information content (AvgIpc) is 2.28. The summed E-state index contributed by atoms with van der Waals surface area (Å²) < 4.78 is 0. The Morgan fingerprint density at radius 2 is 2.18 bits per heavy atom. The quantitative estimate of drug-likeness (QED) is 0.502. The van der Waals surface area contributed by atoms with E-state index in [1.807, 2.05) is 6.92 Å². The van der Waals surface area contributed by atoms with Crippen LogP contribution in [0.15, 0.2) is 0 Å². The highest BCUT2D eigenvalue weighted by atomic mass is 16.4. The largest absolute Gasteiger partial charge is 0.480 e. The number of hydrogen-bond acceptors (Lipinski definition) is 4.